The maximum absolute atomic E-state index is 13.0. The number of hydrogen-bond donors (Lipinski definition) is 0. The van der Waals surface area contributed by atoms with Crippen LogP contribution in [0.3, 0.4) is 0 Å². The molecular weight excluding hydrogens is 300 g/mol. The van der Waals surface area contributed by atoms with Gasteiger partial charge in [0, 0.05) is 31.2 Å². The number of likely N-dealkylation sites (N-methyl/N-ethyl adjacent to an activating group) is 2. The smallest absolute Gasteiger partial charge is 0.253 e. The summed E-state index contributed by atoms with van der Waals surface area (Å²) >= 11 is 0. The first-order valence-corrected chi connectivity index (χ1v) is 8.73. The summed E-state index contributed by atoms with van der Waals surface area (Å²) < 4.78 is 0. The zero-order valence-corrected chi connectivity index (χ0v) is 15.0. The highest BCUT2D eigenvalue weighted by atomic mass is 16.2. The van der Waals surface area contributed by atoms with Crippen molar-refractivity contribution in [1.29, 1.82) is 5.26 Å². The van der Waals surface area contributed by atoms with Crippen molar-refractivity contribution in [3.05, 3.63) is 35.4 Å². The van der Waals surface area contributed by atoms with Crippen molar-refractivity contribution in [3.8, 4) is 6.07 Å². The summed E-state index contributed by atoms with van der Waals surface area (Å²) in [5.74, 6) is 0.0249. The van der Waals surface area contributed by atoms with Crippen LogP contribution in [0, 0.1) is 11.3 Å². The van der Waals surface area contributed by atoms with Crippen molar-refractivity contribution >= 4 is 5.91 Å². The monoisotopic (exact) mass is 328 g/mol. The van der Waals surface area contributed by atoms with Crippen molar-refractivity contribution in [3.63, 3.8) is 0 Å². The van der Waals surface area contributed by atoms with Crippen LogP contribution in [0.25, 0.3) is 0 Å². The summed E-state index contributed by atoms with van der Waals surface area (Å²) in [5, 5.41) is 9.07. The number of benzene rings is 1. The lowest BCUT2D eigenvalue weighted by Crippen LogP contribution is -2.45. The molecule has 1 fully saturated rings. The first-order valence-electron chi connectivity index (χ1n) is 8.73. The van der Waals surface area contributed by atoms with Crippen LogP contribution in [-0.4, -0.2) is 73.5 Å². The van der Waals surface area contributed by atoms with Gasteiger partial charge in [0.25, 0.3) is 5.91 Å². The van der Waals surface area contributed by atoms with E-state index >= 15 is 0 Å². The van der Waals surface area contributed by atoms with Gasteiger partial charge in [0.1, 0.15) is 0 Å². The maximum atomic E-state index is 13.0. The number of carbonyl (C=O) groups is 1. The zero-order chi connectivity index (χ0) is 17.5. The molecule has 1 heterocycles. The number of nitriles is 1. The molecule has 0 saturated carbocycles. The highest BCUT2D eigenvalue weighted by Crippen LogP contribution is 2.19. The summed E-state index contributed by atoms with van der Waals surface area (Å²) in [7, 11) is 4.04. The Morgan fingerprint density at radius 2 is 2.17 bits per heavy atom. The quantitative estimate of drug-likeness (QED) is 0.769. The first kappa shape index (κ1) is 18.4. The first-order chi connectivity index (χ1) is 11.5. The molecule has 1 amide bonds. The van der Waals surface area contributed by atoms with E-state index in [0.29, 0.717) is 23.7 Å². The molecule has 1 atom stereocenters. The standard InChI is InChI=1S/C19H28N4O/c1-4-22-10-6-9-18(22)15-23(12-11-21(2)3)19(24)17-8-5-7-16(13-17)14-20/h5,7-8,13,18H,4,6,9-12,15H2,1-3H3/t18-/m0/s1. The predicted octanol–water partition coefficient (Wildman–Crippen LogP) is 2.05. The molecule has 1 saturated heterocycles. The van der Waals surface area contributed by atoms with Crippen molar-refractivity contribution in [2.45, 2.75) is 25.8 Å². The molecule has 1 aromatic rings. The molecule has 130 valence electrons. The molecule has 5 heteroatoms. The van der Waals surface area contributed by atoms with E-state index in [2.05, 4.69) is 22.8 Å². The fourth-order valence-electron chi connectivity index (χ4n) is 3.27. The Bertz CT molecular complexity index is 593. The van der Waals surface area contributed by atoms with Crippen LogP contribution in [0.1, 0.15) is 35.7 Å². The number of carbonyl (C=O) groups excluding carboxylic acids is 1. The molecule has 0 N–H and O–H groups in total. The third-order valence-corrected chi connectivity index (χ3v) is 4.68. The van der Waals surface area contributed by atoms with Gasteiger partial charge in [0.2, 0.25) is 0 Å². The fraction of sp³-hybridized carbons (Fsp3) is 0.579. The zero-order valence-electron chi connectivity index (χ0n) is 15.0. The molecule has 0 bridgehead atoms. The predicted molar refractivity (Wildman–Crippen MR) is 95.9 cm³/mol. The van der Waals surface area contributed by atoms with Crippen molar-refractivity contribution in [2.75, 3.05) is 46.8 Å². The van der Waals surface area contributed by atoms with Crippen LogP contribution >= 0.6 is 0 Å². The topological polar surface area (TPSA) is 50.6 Å². The largest absolute Gasteiger partial charge is 0.336 e. The van der Waals surface area contributed by atoms with Gasteiger partial charge in [-0.25, -0.2) is 0 Å². The third kappa shape index (κ3) is 4.80. The lowest BCUT2D eigenvalue weighted by molar-refractivity contribution is 0.0694. The Morgan fingerprint density at radius 1 is 1.38 bits per heavy atom. The van der Waals surface area contributed by atoms with Gasteiger partial charge in [-0.15, -0.1) is 0 Å². The average Bonchev–Trinajstić information content (AvgIpc) is 3.05. The van der Waals surface area contributed by atoms with E-state index in [9.17, 15) is 4.79 Å². The summed E-state index contributed by atoms with van der Waals surface area (Å²) in [5.41, 5.74) is 1.14. The molecule has 0 aliphatic carbocycles. The number of nitrogens with zero attached hydrogens (tertiary/aromatic N) is 4. The van der Waals surface area contributed by atoms with E-state index in [1.807, 2.05) is 19.0 Å². The van der Waals surface area contributed by atoms with Crippen LogP contribution in [0.5, 0.6) is 0 Å². The highest BCUT2D eigenvalue weighted by Gasteiger charge is 2.27. The average molecular weight is 328 g/mol. The Kier molecular flexibility index (Phi) is 6.77. The third-order valence-electron chi connectivity index (χ3n) is 4.68. The minimum Gasteiger partial charge on any atom is -0.336 e. The Hall–Kier alpha value is -1.90. The second-order valence-corrected chi connectivity index (χ2v) is 6.67. The number of rotatable bonds is 7. The van der Waals surface area contributed by atoms with E-state index in [0.717, 1.165) is 32.6 Å². The molecule has 0 radical (unpaired) electrons. The van der Waals surface area contributed by atoms with Crippen LogP contribution in [0.2, 0.25) is 0 Å². The molecule has 0 aromatic heterocycles. The van der Waals surface area contributed by atoms with Crippen LogP contribution in [0.4, 0.5) is 0 Å². The molecule has 0 unspecified atom stereocenters. The normalized spacial score (nSPS) is 17.9. The van der Waals surface area contributed by atoms with Crippen LogP contribution in [-0.2, 0) is 0 Å². The number of amides is 1. The number of hydrogen-bond acceptors (Lipinski definition) is 4. The van der Waals surface area contributed by atoms with Gasteiger partial charge in [0.05, 0.1) is 11.6 Å². The van der Waals surface area contributed by atoms with Crippen LogP contribution in [0.15, 0.2) is 24.3 Å². The molecule has 1 aromatic carbocycles. The van der Waals surface area contributed by atoms with Crippen LogP contribution < -0.4 is 0 Å². The highest BCUT2D eigenvalue weighted by molar-refractivity contribution is 5.94. The Labute approximate surface area is 145 Å². The van der Waals surface area contributed by atoms with Gasteiger partial charge < -0.3 is 9.80 Å². The van der Waals surface area contributed by atoms with E-state index in [1.165, 1.54) is 6.42 Å². The van der Waals surface area contributed by atoms with E-state index < -0.39 is 0 Å². The lowest BCUT2D eigenvalue weighted by atomic mass is 10.1. The molecular formula is C19H28N4O. The van der Waals surface area contributed by atoms with Gasteiger partial charge >= 0.3 is 0 Å². The van der Waals surface area contributed by atoms with Gasteiger partial charge in [-0.2, -0.15) is 5.26 Å². The molecule has 1 aliphatic rings. The minimum atomic E-state index is 0.0249. The molecule has 5 nitrogen and oxygen atoms in total. The van der Waals surface area contributed by atoms with Crippen molar-refractivity contribution in [2.24, 2.45) is 0 Å². The summed E-state index contributed by atoms with van der Waals surface area (Å²) in [6.45, 7) is 6.64. The van der Waals surface area contributed by atoms with E-state index in [-0.39, 0.29) is 5.91 Å². The van der Waals surface area contributed by atoms with Gasteiger partial charge in [-0.1, -0.05) is 13.0 Å². The second-order valence-electron chi connectivity index (χ2n) is 6.67. The SMILES string of the molecule is CCN1CCC[C@H]1CN(CCN(C)C)C(=O)c1cccc(C#N)c1. The second kappa shape index (κ2) is 8.81. The van der Waals surface area contributed by atoms with Crippen molar-refractivity contribution < 1.29 is 4.79 Å². The minimum absolute atomic E-state index is 0.0249. The molecule has 1 aliphatic heterocycles. The van der Waals surface area contributed by atoms with Gasteiger partial charge in [-0.05, 0) is 58.2 Å². The Balaban J connectivity index is 2.14. The fourth-order valence-corrected chi connectivity index (χ4v) is 3.27. The maximum Gasteiger partial charge on any atom is 0.253 e. The number of likely N-dealkylation sites (tertiary alicyclic amines) is 1. The van der Waals surface area contributed by atoms with Crippen molar-refractivity contribution in [1.82, 2.24) is 14.7 Å². The van der Waals surface area contributed by atoms with E-state index in [1.54, 1.807) is 24.3 Å². The molecule has 24 heavy (non-hydrogen) atoms. The Morgan fingerprint density at radius 3 is 2.83 bits per heavy atom. The lowest BCUT2D eigenvalue weighted by Gasteiger charge is -2.31. The van der Waals surface area contributed by atoms with Gasteiger partial charge in [-0.3, -0.25) is 9.69 Å². The summed E-state index contributed by atoms with van der Waals surface area (Å²) in [6, 6.07) is 9.57. The van der Waals surface area contributed by atoms with Gasteiger partial charge in [0.15, 0.2) is 0 Å². The molecule has 2 rings (SSSR count). The van der Waals surface area contributed by atoms with E-state index in [4.69, 9.17) is 5.26 Å². The molecule has 0 spiro atoms. The summed E-state index contributed by atoms with van der Waals surface area (Å²) in [6.07, 6.45) is 2.36. The summed E-state index contributed by atoms with van der Waals surface area (Å²) in [4.78, 5) is 19.5.